The quantitative estimate of drug-likeness (QED) is 0.844. The zero-order chi connectivity index (χ0) is 15.1. The predicted octanol–water partition coefficient (Wildman–Crippen LogP) is 2.54. The first-order valence-corrected chi connectivity index (χ1v) is 7.65. The van der Waals surface area contributed by atoms with Gasteiger partial charge in [-0.2, -0.15) is 13.5 Å². The van der Waals surface area contributed by atoms with Crippen molar-refractivity contribution in [1.29, 1.82) is 0 Å². The summed E-state index contributed by atoms with van der Waals surface area (Å²) in [4.78, 5) is 0. The third-order valence-electron chi connectivity index (χ3n) is 2.61. The van der Waals surface area contributed by atoms with E-state index in [1.165, 1.54) is 25.4 Å². The number of anilines is 1. The van der Waals surface area contributed by atoms with Crippen LogP contribution in [0.5, 0.6) is 5.75 Å². The number of phenolic OH excluding ortho intramolecular Hbond substituents is 1. The van der Waals surface area contributed by atoms with Crippen molar-refractivity contribution in [2.45, 2.75) is 11.9 Å². The van der Waals surface area contributed by atoms with Crippen molar-refractivity contribution in [1.82, 2.24) is 9.78 Å². The summed E-state index contributed by atoms with van der Waals surface area (Å²) in [5, 5.41) is 13.7. The van der Waals surface area contributed by atoms with E-state index in [1.807, 2.05) is 0 Å². The molecule has 0 unspecified atom stereocenters. The van der Waals surface area contributed by atoms with Crippen LogP contribution >= 0.6 is 23.2 Å². The number of aromatic hydroxyl groups is 1. The van der Waals surface area contributed by atoms with Gasteiger partial charge in [0, 0.05) is 12.1 Å². The highest BCUT2D eigenvalue weighted by Gasteiger charge is 2.24. The third kappa shape index (κ3) is 2.70. The number of hydrogen-bond donors (Lipinski definition) is 2. The average Bonchev–Trinajstić information content (AvgIpc) is 2.65. The predicted molar refractivity (Wildman–Crippen MR) is 76.9 cm³/mol. The van der Waals surface area contributed by atoms with Gasteiger partial charge in [0.1, 0.15) is 5.75 Å². The molecule has 0 fully saturated rings. The Bertz CT molecular complexity index is 752. The molecule has 108 valence electrons. The second kappa shape index (κ2) is 5.16. The van der Waals surface area contributed by atoms with E-state index < -0.39 is 10.0 Å². The molecule has 0 saturated heterocycles. The molecule has 2 N–H and O–H groups in total. The molecule has 0 aliphatic carbocycles. The molecule has 0 aliphatic heterocycles. The van der Waals surface area contributed by atoms with Crippen molar-refractivity contribution in [3.8, 4) is 5.75 Å². The Morgan fingerprint density at radius 1 is 1.35 bits per heavy atom. The van der Waals surface area contributed by atoms with E-state index in [2.05, 4.69) is 9.82 Å². The largest absolute Gasteiger partial charge is 0.505 e. The molecule has 0 aliphatic rings. The van der Waals surface area contributed by atoms with Gasteiger partial charge in [-0.25, -0.2) is 0 Å². The first-order valence-electron chi connectivity index (χ1n) is 5.42. The molecule has 9 heteroatoms. The van der Waals surface area contributed by atoms with Gasteiger partial charge in [0.25, 0.3) is 10.0 Å². The fraction of sp³-hybridized carbons (Fsp3) is 0.182. The van der Waals surface area contributed by atoms with Crippen molar-refractivity contribution in [3.63, 3.8) is 0 Å². The van der Waals surface area contributed by atoms with Crippen LogP contribution in [0.3, 0.4) is 0 Å². The van der Waals surface area contributed by atoms with Crippen LogP contribution in [0.2, 0.25) is 10.0 Å². The normalized spacial score (nSPS) is 11.6. The van der Waals surface area contributed by atoms with Crippen molar-refractivity contribution >= 4 is 38.9 Å². The van der Waals surface area contributed by atoms with Gasteiger partial charge in [-0.05, 0) is 24.6 Å². The first kappa shape index (κ1) is 15.0. The van der Waals surface area contributed by atoms with Gasteiger partial charge in [0.15, 0.2) is 5.03 Å². The van der Waals surface area contributed by atoms with Crippen LogP contribution in [-0.4, -0.2) is 23.3 Å². The van der Waals surface area contributed by atoms with E-state index in [1.54, 1.807) is 6.92 Å². The van der Waals surface area contributed by atoms with E-state index in [9.17, 15) is 13.5 Å². The Morgan fingerprint density at radius 3 is 2.55 bits per heavy atom. The van der Waals surface area contributed by atoms with E-state index in [-0.39, 0.29) is 21.5 Å². The monoisotopic (exact) mass is 335 g/mol. The van der Waals surface area contributed by atoms with Gasteiger partial charge in [0.2, 0.25) is 0 Å². The highest BCUT2D eigenvalue weighted by Crippen LogP contribution is 2.33. The van der Waals surface area contributed by atoms with Crippen LogP contribution in [0.15, 0.2) is 23.4 Å². The second-order valence-corrected chi connectivity index (χ2v) is 6.59. The molecule has 0 saturated carbocycles. The molecule has 1 heterocycles. The maximum atomic E-state index is 12.3. The standard InChI is InChI=1S/C11H11Cl2N3O3S/c1-6-3-7(12)4-9(10(6)17)15-20(18,19)11-8(13)5-14-16(11)2/h3-5,15,17H,1-2H3. The summed E-state index contributed by atoms with van der Waals surface area (Å²) in [6, 6.07) is 2.83. The molecule has 20 heavy (non-hydrogen) atoms. The minimum absolute atomic E-state index is 0.0155. The number of nitrogens with zero attached hydrogens (tertiary/aromatic N) is 2. The SMILES string of the molecule is Cc1cc(Cl)cc(NS(=O)(=O)c2c(Cl)cnn2C)c1O. The highest BCUT2D eigenvalue weighted by atomic mass is 35.5. The lowest BCUT2D eigenvalue weighted by atomic mass is 10.2. The molecule has 0 bridgehead atoms. The van der Waals surface area contributed by atoms with E-state index in [0.29, 0.717) is 10.6 Å². The Kier molecular flexibility index (Phi) is 3.86. The van der Waals surface area contributed by atoms with E-state index >= 15 is 0 Å². The van der Waals surface area contributed by atoms with Crippen LogP contribution in [0.1, 0.15) is 5.56 Å². The zero-order valence-electron chi connectivity index (χ0n) is 10.6. The van der Waals surface area contributed by atoms with Crippen LogP contribution < -0.4 is 4.72 Å². The summed E-state index contributed by atoms with van der Waals surface area (Å²) in [7, 11) is -2.54. The molecule has 1 aromatic carbocycles. The van der Waals surface area contributed by atoms with Gasteiger partial charge in [-0.15, -0.1) is 0 Å². The number of hydrogen-bond acceptors (Lipinski definition) is 4. The second-order valence-electron chi connectivity index (χ2n) is 4.15. The van der Waals surface area contributed by atoms with Gasteiger partial charge in [-0.3, -0.25) is 9.40 Å². The fourth-order valence-corrected chi connectivity index (χ4v) is 3.70. The summed E-state index contributed by atoms with van der Waals surface area (Å²) in [5.41, 5.74) is 0.429. The van der Waals surface area contributed by atoms with Crippen molar-refractivity contribution < 1.29 is 13.5 Å². The summed E-state index contributed by atoms with van der Waals surface area (Å²) in [6.07, 6.45) is 1.22. The summed E-state index contributed by atoms with van der Waals surface area (Å²) in [6.45, 7) is 1.61. The summed E-state index contributed by atoms with van der Waals surface area (Å²) >= 11 is 11.7. The van der Waals surface area contributed by atoms with E-state index in [4.69, 9.17) is 23.2 Å². The Morgan fingerprint density at radius 2 is 2.00 bits per heavy atom. The third-order valence-corrected chi connectivity index (χ3v) is 4.70. The Labute approximate surface area is 126 Å². The number of benzene rings is 1. The molecular formula is C11H11Cl2N3O3S. The number of aryl methyl sites for hydroxylation is 2. The smallest absolute Gasteiger partial charge is 0.280 e. The topological polar surface area (TPSA) is 84.2 Å². The number of halogens is 2. The number of phenols is 1. The van der Waals surface area contributed by atoms with Crippen LogP contribution in [0, 0.1) is 6.92 Å². The van der Waals surface area contributed by atoms with Gasteiger partial charge in [0.05, 0.1) is 16.9 Å². The summed E-state index contributed by atoms with van der Waals surface area (Å²) in [5.74, 6) is -0.198. The van der Waals surface area contributed by atoms with Crippen molar-refractivity contribution in [2.24, 2.45) is 7.05 Å². The Hall–Kier alpha value is -1.44. The molecule has 6 nitrogen and oxygen atoms in total. The molecular weight excluding hydrogens is 325 g/mol. The molecule has 0 atom stereocenters. The van der Waals surface area contributed by atoms with Crippen LogP contribution in [0.25, 0.3) is 0 Å². The maximum Gasteiger partial charge on any atom is 0.280 e. The maximum absolute atomic E-state index is 12.3. The molecule has 0 spiro atoms. The van der Waals surface area contributed by atoms with Crippen LogP contribution in [0.4, 0.5) is 5.69 Å². The Balaban J connectivity index is 2.49. The molecule has 0 radical (unpaired) electrons. The molecule has 1 aromatic heterocycles. The zero-order valence-corrected chi connectivity index (χ0v) is 12.9. The lowest BCUT2D eigenvalue weighted by Gasteiger charge is -2.12. The fourth-order valence-electron chi connectivity index (χ4n) is 1.71. The highest BCUT2D eigenvalue weighted by molar-refractivity contribution is 7.92. The number of nitrogens with one attached hydrogen (secondary N) is 1. The first-order chi connectivity index (χ1) is 9.22. The number of sulfonamides is 1. The van der Waals surface area contributed by atoms with Gasteiger partial charge >= 0.3 is 0 Å². The molecule has 0 amide bonds. The lowest BCUT2D eigenvalue weighted by molar-refractivity contribution is 0.473. The number of aromatic nitrogens is 2. The van der Waals surface area contributed by atoms with Crippen molar-refractivity contribution in [2.75, 3.05) is 4.72 Å². The molecule has 2 aromatic rings. The minimum Gasteiger partial charge on any atom is -0.505 e. The average molecular weight is 336 g/mol. The lowest BCUT2D eigenvalue weighted by Crippen LogP contribution is -2.17. The minimum atomic E-state index is -3.99. The van der Waals surface area contributed by atoms with Gasteiger partial charge in [-0.1, -0.05) is 23.2 Å². The summed E-state index contributed by atoms with van der Waals surface area (Å²) < 4.78 is 27.9. The van der Waals surface area contributed by atoms with Gasteiger partial charge < -0.3 is 5.11 Å². The van der Waals surface area contributed by atoms with E-state index in [0.717, 1.165) is 4.68 Å². The number of rotatable bonds is 3. The van der Waals surface area contributed by atoms with Crippen LogP contribution in [-0.2, 0) is 17.1 Å². The van der Waals surface area contributed by atoms with Crippen molar-refractivity contribution in [3.05, 3.63) is 33.9 Å². The molecule has 2 rings (SSSR count).